The van der Waals surface area contributed by atoms with Gasteiger partial charge in [-0.25, -0.2) is 9.97 Å². The van der Waals surface area contributed by atoms with E-state index in [4.69, 9.17) is 0 Å². The zero-order valence-corrected chi connectivity index (χ0v) is 12.5. The first-order valence-corrected chi connectivity index (χ1v) is 7.78. The van der Waals surface area contributed by atoms with Crippen molar-refractivity contribution in [1.82, 2.24) is 9.97 Å². The highest BCUT2D eigenvalue weighted by atomic mass is 79.9. The molecule has 92 valence electrons. The lowest BCUT2D eigenvalue weighted by atomic mass is 10.3. The van der Waals surface area contributed by atoms with Gasteiger partial charge in [-0.1, -0.05) is 22.9 Å². The van der Waals surface area contributed by atoms with Crippen LogP contribution >= 0.6 is 27.3 Å². The Kier molecular flexibility index (Phi) is 4.34. The molecule has 0 atom stereocenters. The molecule has 0 aliphatic heterocycles. The van der Waals surface area contributed by atoms with Gasteiger partial charge in [-0.15, -0.1) is 11.3 Å². The minimum Gasteiger partial charge on any atom is -0.355 e. The topological polar surface area (TPSA) is 29.0 Å². The molecule has 0 N–H and O–H groups in total. The SMILES string of the molecule is CCc1cc2c(N(CC)CCBr)ncnc2s1. The van der Waals surface area contributed by atoms with Crippen LogP contribution in [0.15, 0.2) is 12.4 Å². The Bertz CT molecular complexity index is 497. The lowest BCUT2D eigenvalue weighted by Gasteiger charge is -2.21. The van der Waals surface area contributed by atoms with E-state index in [0.717, 1.165) is 35.5 Å². The first-order chi connectivity index (χ1) is 8.30. The Morgan fingerprint density at radius 1 is 1.35 bits per heavy atom. The first kappa shape index (κ1) is 12.8. The van der Waals surface area contributed by atoms with Crippen LogP contribution in [0, 0.1) is 0 Å². The molecule has 3 nitrogen and oxygen atoms in total. The van der Waals surface area contributed by atoms with Gasteiger partial charge in [-0.3, -0.25) is 0 Å². The van der Waals surface area contributed by atoms with Crippen molar-refractivity contribution in [3.63, 3.8) is 0 Å². The number of rotatable bonds is 5. The Hall–Kier alpha value is -0.680. The molecular weight excluding hydrogens is 298 g/mol. The normalized spacial score (nSPS) is 11.0. The van der Waals surface area contributed by atoms with Crippen molar-refractivity contribution < 1.29 is 0 Å². The third-order valence-corrected chi connectivity index (χ3v) is 4.29. The van der Waals surface area contributed by atoms with Crippen LogP contribution in [0.2, 0.25) is 0 Å². The maximum Gasteiger partial charge on any atom is 0.140 e. The third-order valence-electron chi connectivity index (χ3n) is 2.74. The highest BCUT2D eigenvalue weighted by Crippen LogP contribution is 2.30. The fourth-order valence-corrected chi connectivity index (χ4v) is 3.19. The van der Waals surface area contributed by atoms with Gasteiger partial charge in [0.25, 0.3) is 0 Å². The summed E-state index contributed by atoms with van der Waals surface area (Å²) < 4.78 is 0. The third kappa shape index (κ3) is 2.60. The summed E-state index contributed by atoms with van der Waals surface area (Å²) in [6.45, 7) is 6.27. The molecule has 0 spiro atoms. The molecule has 0 unspecified atom stereocenters. The van der Waals surface area contributed by atoms with Gasteiger partial charge >= 0.3 is 0 Å². The number of anilines is 1. The Morgan fingerprint density at radius 2 is 2.18 bits per heavy atom. The maximum absolute atomic E-state index is 4.44. The van der Waals surface area contributed by atoms with Gasteiger partial charge in [0.05, 0.1) is 5.39 Å². The second-order valence-corrected chi connectivity index (χ2v) is 5.66. The van der Waals surface area contributed by atoms with Crippen LogP contribution in [-0.2, 0) is 6.42 Å². The van der Waals surface area contributed by atoms with E-state index < -0.39 is 0 Å². The van der Waals surface area contributed by atoms with Crippen LogP contribution < -0.4 is 4.90 Å². The highest BCUT2D eigenvalue weighted by Gasteiger charge is 2.12. The Labute approximate surface area is 114 Å². The fourth-order valence-electron chi connectivity index (χ4n) is 1.83. The van der Waals surface area contributed by atoms with Crippen LogP contribution in [0.4, 0.5) is 5.82 Å². The molecule has 2 rings (SSSR count). The molecule has 0 amide bonds. The van der Waals surface area contributed by atoms with Crippen molar-refractivity contribution in [3.05, 3.63) is 17.3 Å². The molecule has 17 heavy (non-hydrogen) atoms. The summed E-state index contributed by atoms with van der Waals surface area (Å²) in [4.78, 5) is 13.6. The summed E-state index contributed by atoms with van der Waals surface area (Å²) in [5.74, 6) is 1.06. The van der Waals surface area contributed by atoms with Gasteiger partial charge in [0.15, 0.2) is 0 Å². The van der Waals surface area contributed by atoms with Gasteiger partial charge in [-0.05, 0) is 19.4 Å². The average Bonchev–Trinajstić information content (AvgIpc) is 2.78. The van der Waals surface area contributed by atoms with E-state index in [2.05, 4.69) is 50.7 Å². The smallest absolute Gasteiger partial charge is 0.140 e. The molecule has 2 aromatic rings. The fraction of sp³-hybridized carbons (Fsp3) is 0.500. The van der Waals surface area contributed by atoms with E-state index in [1.807, 2.05) is 0 Å². The number of thiophene rings is 1. The molecule has 2 heterocycles. The summed E-state index contributed by atoms with van der Waals surface area (Å²) in [5, 5.41) is 2.15. The van der Waals surface area contributed by atoms with Gasteiger partial charge in [0.1, 0.15) is 17.0 Å². The number of aryl methyl sites for hydroxylation is 1. The number of hydrogen-bond donors (Lipinski definition) is 0. The molecule has 0 radical (unpaired) electrons. The number of aromatic nitrogens is 2. The average molecular weight is 314 g/mol. The highest BCUT2D eigenvalue weighted by molar-refractivity contribution is 9.09. The Balaban J connectivity index is 2.48. The van der Waals surface area contributed by atoms with E-state index in [1.165, 1.54) is 10.3 Å². The molecule has 0 bridgehead atoms. The van der Waals surface area contributed by atoms with Crippen molar-refractivity contribution in [1.29, 1.82) is 0 Å². The van der Waals surface area contributed by atoms with Crippen molar-refractivity contribution in [3.8, 4) is 0 Å². The molecule has 0 fully saturated rings. The molecule has 2 aromatic heterocycles. The molecule has 0 aliphatic carbocycles. The predicted molar refractivity (Wildman–Crippen MR) is 78.5 cm³/mol. The summed E-state index contributed by atoms with van der Waals surface area (Å²) in [5.41, 5.74) is 0. The number of fused-ring (bicyclic) bond motifs is 1. The van der Waals surface area contributed by atoms with Crippen LogP contribution in [0.5, 0.6) is 0 Å². The van der Waals surface area contributed by atoms with Crippen LogP contribution in [-0.4, -0.2) is 28.4 Å². The largest absolute Gasteiger partial charge is 0.355 e. The molecule has 5 heteroatoms. The van der Waals surface area contributed by atoms with Crippen molar-refractivity contribution in [2.24, 2.45) is 0 Å². The van der Waals surface area contributed by atoms with Gasteiger partial charge in [0.2, 0.25) is 0 Å². The van der Waals surface area contributed by atoms with E-state index in [-0.39, 0.29) is 0 Å². The minimum absolute atomic E-state index is 0.955. The standard InChI is InChI=1S/C12H16BrN3S/c1-3-9-7-10-11(16(4-2)6-5-13)14-8-15-12(10)17-9/h7-8H,3-6H2,1-2H3. The van der Waals surface area contributed by atoms with Crippen molar-refractivity contribution in [2.75, 3.05) is 23.3 Å². The second kappa shape index (κ2) is 5.78. The monoisotopic (exact) mass is 313 g/mol. The minimum atomic E-state index is 0.955. The van der Waals surface area contributed by atoms with Gasteiger partial charge in [0, 0.05) is 23.3 Å². The van der Waals surface area contributed by atoms with E-state index >= 15 is 0 Å². The summed E-state index contributed by atoms with van der Waals surface area (Å²) in [6.07, 6.45) is 2.73. The lowest BCUT2D eigenvalue weighted by Crippen LogP contribution is -2.25. The quantitative estimate of drug-likeness (QED) is 0.791. The number of nitrogens with zero attached hydrogens (tertiary/aromatic N) is 3. The second-order valence-electron chi connectivity index (χ2n) is 3.75. The summed E-state index contributed by atoms with van der Waals surface area (Å²) >= 11 is 5.26. The van der Waals surface area contributed by atoms with E-state index in [0.29, 0.717) is 0 Å². The molecule has 0 saturated carbocycles. The summed E-state index contributed by atoms with van der Waals surface area (Å²) in [6, 6.07) is 2.23. The van der Waals surface area contributed by atoms with Crippen LogP contribution in [0.25, 0.3) is 10.2 Å². The maximum atomic E-state index is 4.44. The van der Waals surface area contributed by atoms with Crippen molar-refractivity contribution >= 4 is 43.3 Å². The Morgan fingerprint density at radius 3 is 2.82 bits per heavy atom. The molecular formula is C12H16BrN3S. The number of alkyl halides is 1. The van der Waals surface area contributed by atoms with Crippen LogP contribution in [0.1, 0.15) is 18.7 Å². The number of hydrogen-bond acceptors (Lipinski definition) is 4. The predicted octanol–water partition coefficient (Wildman–Crippen LogP) is 3.47. The molecule has 0 aromatic carbocycles. The van der Waals surface area contributed by atoms with Gasteiger partial charge < -0.3 is 4.90 Å². The van der Waals surface area contributed by atoms with Crippen LogP contribution in [0.3, 0.4) is 0 Å². The summed E-state index contributed by atoms with van der Waals surface area (Å²) in [7, 11) is 0. The molecule has 0 aliphatic rings. The van der Waals surface area contributed by atoms with E-state index in [1.54, 1.807) is 17.7 Å². The zero-order valence-electron chi connectivity index (χ0n) is 10.1. The van der Waals surface area contributed by atoms with Gasteiger partial charge in [-0.2, -0.15) is 0 Å². The van der Waals surface area contributed by atoms with E-state index in [9.17, 15) is 0 Å². The number of halogens is 1. The first-order valence-electron chi connectivity index (χ1n) is 5.84. The zero-order chi connectivity index (χ0) is 12.3. The van der Waals surface area contributed by atoms with Crippen molar-refractivity contribution in [2.45, 2.75) is 20.3 Å². The molecule has 0 saturated heterocycles. The lowest BCUT2D eigenvalue weighted by molar-refractivity contribution is 0.857.